The minimum atomic E-state index is 0.283. The summed E-state index contributed by atoms with van der Waals surface area (Å²) >= 11 is 6.35. The van der Waals surface area contributed by atoms with Crippen molar-refractivity contribution in [3.8, 4) is 123 Å². The molecule has 0 unspecified atom stereocenters. The Hall–Kier alpha value is -10.7. The first kappa shape index (κ1) is 66.6. The molecular weight excluding hydrogens is 1510 g/mol. The molecule has 6 aromatic heterocycles. The van der Waals surface area contributed by atoms with Crippen molar-refractivity contribution in [3.63, 3.8) is 0 Å². The Kier molecular flexibility index (Phi) is 19.9. The van der Waals surface area contributed by atoms with Gasteiger partial charge in [0, 0.05) is 46.3 Å². The van der Waals surface area contributed by atoms with Crippen molar-refractivity contribution in [1.82, 2.24) is 0 Å². The largest absolute Gasteiger partial charge is 0.311 e. The number of anilines is 6. The second-order valence-electron chi connectivity index (χ2n) is 25.1. The maximum Gasteiger partial charge on any atom is 0.0462 e. The van der Waals surface area contributed by atoms with E-state index in [0.717, 1.165) is 34.1 Å². The van der Waals surface area contributed by atoms with Crippen molar-refractivity contribution in [2.75, 3.05) is 9.80 Å². The first-order chi connectivity index (χ1) is 51.5. The quantitative estimate of drug-likeness (QED) is 0.0790. The maximum atomic E-state index is 2.39. The molecule has 18 rings (SSSR count). The number of rotatable bonds is 18. The van der Waals surface area contributed by atoms with Crippen LogP contribution in [0, 0.1) is 0 Å². The van der Waals surface area contributed by atoms with Crippen molar-refractivity contribution in [2.45, 2.75) is 0 Å². The zero-order valence-corrected chi connectivity index (χ0v) is 64.0. The van der Waals surface area contributed by atoms with Crippen LogP contribution in [-0.4, -0.2) is 43.5 Å². The molecule has 0 atom stereocenters. The topological polar surface area (TPSA) is 6.48 Å². The van der Waals surface area contributed by atoms with Crippen molar-refractivity contribution < 1.29 is 0 Å². The minimum Gasteiger partial charge on any atom is -0.311 e. The second-order valence-corrected chi connectivity index (χ2v) is 35.2. The summed E-state index contributed by atoms with van der Waals surface area (Å²) in [6.07, 6.45) is 0. The van der Waals surface area contributed by atoms with Crippen LogP contribution in [-0.2, 0) is 0 Å². The molecule has 8 heteroatoms. The van der Waals surface area contributed by atoms with Crippen molar-refractivity contribution in [1.29, 1.82) is 0 Å². The first-order valence-corrected chi connectivity index (χ1v) is 42.2. The van der Waals surface area contributed by atoms with Crippen LogP contribution in [0.5, 0.6) is 0 Å². The first-order valence-electron chi connectivity index (χ1n) is 34.6. The van der Waals surface area contributed by atoms with Crippen molar-refractivity contribution in [3.05, 3.63) is 400 Å². The van der Waals surface area contributed by atoms with E-state index in [1.807, 2.05) is 34.0 Å². The van der Waals surface area contributed by atoms with E-state index in [1.165, 1.54) is 123 Å². The predicted molar refractivity (Wildman–Crippen MR) is 452 cm³/mol. The molecule has 0 radical (unpaired) electrons. The van der Waals surface area contributed by atoms with Gasteiger partial charge >= 0.3 is 326 Å². The van der Waals surface area contributed by atoms with Gasteiger partial charge in [0.1, 0.15) is 0 Å². The molecule has 2 nitrogen and oxygen atoms in total. The number of hydrogen-bond donors (Lipinski definition) is 0. The monoisotopic (exact) mass is 1580 g/mol. The van der Waals surface area contributed by atoms with Gasteiger partial charge in [-0.1, -0.05) is 127 Å². The third-order valence-corrected chi connectivity index (χ3v) is 29.4. The van der Waals surface area contributed by atoms with E-state index < -0.39 is 0 Å². The predicted octanol–water partition coefficient (Wildman–Crippen LogP) is 27.7. The van der Waals surface area contributed by atoms with Crippen LogP contribution in [0.1, 0.15) is 0 Å². The summed E-state index contributed by atoms with van der Waals surface area (Å²) in [7, 11) is 0. The third kappa shape index (κ3) is 14.9. The number of benzene rings is 12. The van der Waals surface area contributed by atoms with Gasteiger partial charge < -0.3 is 4.90 Å². The zero-order chi connectivity index (χ0) is 69.4. The van der Waals surface area contributed by atoms with Gasteiger partial charge in [-0.25, -0.2) is 0 Å². The van der Waals surface area contributed by atoms with Gasteiger partial charge in [0.05, 0.1) is 0 Å². The van der Waals surface area contributed by atoms with Crippen LogP contribution in [0.4, 0.5) is 34.1 Å². The van der Waals surface area contributed by atoms with Gasteiger partial charge in [-0.05, 0) is 106 Å². The summed E-state index contributed by atoms with van der Waals surface area (Å²) in [6, 6.07) is 146. The van der Waals surface area contributed by atoms with Crippen LogP contribution >= 0.6 is 34.0 Å². The maximum absolute atomic E-state index is 2.39. The molecule has 104 heavy (non-hydrogen) atoms. The van der Waals surface area contributed by atoms with Crippen LogP contribution < -0.4 is 9.80 Å². The number of hydrogen-bond acceptors (Lipinski definition) is 5. The van der Waals surface area contributed by atoms with Crippen LogP contribution in [0.15, 0.2) is 400 Å². The third-order valence-electron chi connectivity index (χ3n) is 18.4. The SMILES string of the molecule is c1ccc(-c2ccc(-c3ccc(N(c4ccc(-c5ccc(-c6ccccc6)[se]5)cc4)c4ccc(-c5ccc(-c6ccccc6)[se]5)cc4)cc3)[se]2)cc1.c1ccc(-c2ccc(-c3ccc(N(c4ccc(-c5ccc(-c6ccccc6)s5)cc4)c4ccc(-c5ccc(-c6ccccc6)s5)cc4)cc3)s2)cc1. The van der Waals surface area contributed by atoms with E-state index >= 15 is 0 Å². The Morgan fingerprint density at radius 1 is 0.135 bits per heavy atom. The Bertz CT molecular complexity index is 4850. The second kappa shape index (κ2) is 31.1. The Morgan fingerprint density at radius 2 is 0.279 bits per heavy atom. The molecule has 0 aliphatic heterocycles. The van der Waals surface area contributed by atoms with Crippen LogP contribution in [0.2, 0.25) is 0 Å². The van der Waals surface area contributed by atoms with E-state index in [-0.39, 0.29) is 43.5 Å². The molecule has 0 aliphatic rings. The molecular formula is C96H66N2S3Se3. The standard InChI is InChI=1S/C48H33NS3.C48H33NSe3/c2*1-4-10-34(11-5-1)43-28-31-46(50-43)37-16-22-40(23-17-37)49(41-24-18-38(19-25-41)47-32-29-44(51-47)35-12-6-2-7-13-35)42-26-20-39(21-27-42)48-33-30-45(52-48)36-14-8-3-9-15-36/h2*1-33H. The molecule has 0 saturated heterocycles. The van der Waals surface area contributed by atoms with Crippen molar-refractivity contribution in [2.24, 2.45) is 0 Å². The Labute approximate surface area is 638 Å². The van der Waals surface area contributed by atoms with Gasteiger partial charge in [-0.15, -0.1) is 34.0 Å². The fraction of sp³-hybridized carbons (Fsp3) is 0. The summed E-state index contributed by atoms with van der Waals surface area (Å²) in [6.45, 7) is 0. The van der Waals surface area contributed by atoms with Crippen LogP contribution in [0.25, 0.3) is 123 Å². The average molecular weight is 1580 g/mol. The number of thiophene rings is 3. The zero-order valence-electron chi connectivity index (χ0n) is 56.4. The Balaban J connectivity index is 0.000000154. The summed E-state index contributed by atoms with van der Waals surface area (Å²) < 4.78 is 8.56. The van der Waals surface area contributed by atoms with Gasteiger partial charge in [-0.2, -0.15) is 0 Å². The molecule has 12 aromatic carbocycles. The normalized spacial score (nSPS) is 11.1. The summed E-state index contributed by atoms with van der Waals surface area (Å²) in [5.74, 6) is 0. The fourth-order valence-electron chi connectivity index (χ4n) is 13.0. The van der Waals surface area contributed by atoms with Gasteiger partial charge in [0.2, 0.25) is 0 Å². The molecule has 0 amide bonds. The fourth-order valence-corrected chi connectivity index (χ4v) is 22.5. The van der Waals surface area contributed by atoms with Gasteiger partial charge in [-0.3, -0.25) is 0 Å². The van der Waals surface area contributed by atoms with E-state index in [9.17, 15) is 0 Å². The smallest absolute Gasteiger partial charge is 0.0462 e. The molecule has 0 fully saturated rings. The molecule has 18 aromatic rings. The van der Waals surface area contributed by atoms with Gasteiger partial charge in [0.25, 0.3) is 0 Å². The van der Waals surface area contributed by atoms with Crippen LogP contribution in [0.3, 0.4) is 0 Å². The molecule has 0 N–H and O–H groups in total. The molecule has 0 spiro atoms. The molecule has 0 aliphatic carbocycles. The van der Waals surface area contributed by atoms with E-state index in [0.29, 0.717) is 0 Å². The average Bonchev–Trinajstić information content (AvgIpc) is 0.984. The molecule has 6 heterocycles. The molecule has 0 saturated carbocycles. The Morgan fingerprint density at radius 3 is 0.462 bits per heavy atom. The van der Waals surface area contributed by atoms with E-state index in [2.05, 4.69) is 410 Å². The summed E-state index contributed by atoms with van der Waals surface area (Å²) in [5, 5.41) is 0. The van der Waals surface area contributed by atoms with E-state index in [1.54, 1.807) is 0 Å². The van der Waals surface area contributed by atoms with E-state index in [4.69, 9.17) is 0 Å². The molecule has 0 bridgehead atoms. The summed E-state index contributed by atoms with van der Waals surface area (Å²) in [5.41, 5.74) is 22.1. The van der Waals surface area contributed by atoms with Crippen molar-refractivity contribution >= 4 is 112 Å². The van der Waals surface area contributed by atoms with Gasteiger partial charge in [0.15, 0.2) is 0 Å². The molecule has 496 valence electrons. The number of nitrogens with zero attached hydrogens (tertiary/aromatic N) is 2. The minimum absolute atomic E-state index is 0.283. The summed E-state index contributed by atoms with van der Waals surface area (Å²) in [4.78, 5) is 12.4.